The average Bonchev–Trinajstić information content (AvgIpc) is 2.97. The van der Waals surface area contributed by atoms with Gasteiger partial charge in [-0.2, -0.15) is 5.26 Å². The van der Waals surface area contributed by atoms with Gasteiger partial charge in [-0.3, -0.25) is 0 Å². The van der Waals surface area contributed by atoms with Gasteiger partial charge in [0.1, 0.15) is 11.3 Å². The van der Waals surface area contributed by atoms with Crippen LogP contribution in [0.1, 0.15) is 12.0 Å². The fourth-order valence-electron chi connectivity index (χ4n) is 1.98. The Labute approximate surface area is 132 Å². The van der Waals surface area contributed by atoms with Gasteiger partial charge in [0.15, 0.2) is 5.58 Å². The molecule has 0 aliphatic heterocycles. The summed E-state index contributed by atoms with van der Waals surface area (Å²) in [6.07, 6.45) is 0.875. The van der Waals surface area contributed by atoms with Gasteiger partial charge in [-0.15, -0.1) is 0 Å². The molecule has 110 valence electrons. The lowest BCUT2D eigenvalue weighted by atomic mass is 10.2. The van der Waals surface area contributed by atoms with Crippen LogP contribution in [0.4, 0.5) is 0 Å². The molecule has 0 saturated heterocycles. The number of fused-ring (bicyclic) bond motifs is 1. The fourth-order valence-corrected chi connectivity index (χ4v) is 2.73. The maximum Gasteiger partial charge on any atom is 0.256 e. The summed E-state index contributed by atoms with van der Waals surface area (Å²) < 4.78 is 11.3. The molecule has 2 aromatic carbocycles. The summed E-state index contributed by atoms with van der Waals surface area (Å²) >= 11 is 1.58. The highest BCUT2D eigenvalue weighted by Gasteiger charge is 2.05. The highest BCUT2D eigenvalue weighted by Crippen LogP contribution is 2.23. The molecule has 0 amide bonds. The molecular formula is C17H14N2O2S. The lowest BCUT2D eigenvalue weighted by molar-refractivity contribution is 0.318. The van der Waals surface area contributed by atoms with Crippen molar-refractivity contribution in [1.82, 2.24) is 4.98 Å². The highest BCUT2D eigenvalue weighted by molar-refractivity contribution is 7.99. The zero-order valence-electron chi connectivity index (χ0n) is 11.9. The van der Waals surface area contributed by atoms with Gasteiger partial charge in [0, 0.05) is 5.75 Å². The van der Waals surface area contributed by atoms with E-state index in [4.69, 9.17) is 14.4 Å². The molecule has 4 nitrogen and oxygen atoms in total. The third-order valence-corrected chi connectivity index (χ3v) is 3.93. The molecule has 5 heteroatoms. The Balaban J connectivity index is 1.44. The Hall–Kier alpha value is -2.45. The van der Waals surface area contributed by atoms with Crippen LogP contribution >= 0.6 is 11.8 Å². The Morgan fingerprint density at radius 2 is 2.09 bits per heavy atom. The van der Waals surface area contributed by atoms with Crippen LogP contribution in [0.2, 0.25) is 0 Å². The SMILES string of the molecule is N#Cc1cccc(OCCCSc2nc3ccccc3o2)c1. The molecule has 0 unspecified atom stereocenters. The van der Waals surface area contributed by atoms with Crippen LogP contribution in [0.15, 0.2) is 58.2 Å². The van der Waals surface area contributed by atoms with E-state index in [-0.39, 0.29) is 0 Å². The third-order valence-electron chi connectivity index (χ3n) is 3.02. The molecular weight excluding hydrogens is 296 g/mol. The van der Waals surface area contributed by atoms with Gasteiger partial charge in [0.05, 0.1) is 18.2 Å². The first-order chi connectivity index (χ1) is 10.8. The minimum Gasteiger partial charge on any atom is -0.494 e. The first kappa shape index (κ1) is 14.5. The summed E-state index contributed by atoms with van der Waals surface area (Å²) in [6, 6.07) is 17.0. The molecule has 1 aromatic heterocycles. The monoisotopic (exact) mass is 310 g/mol. The number of ether oxygens (including phenoxy) is 1. The Morgan fingerprint density at radius 1 is 1.18 bits per heavy atom. The number of thioether (sulfide) groups is 1. The van der Waals surface area contributed by atoms with Crippen LogP contribution in [0, 0.1) is 11.3 Å². The zero-order chi connectivity index (χ0) is 15.2. The third kappa shape index (κ3) is 3.60. The van der Waals surface area contributed by atoms with Crippen LogP contribution < -0.4 is 4.74 Å². The van der Waals surface area contributed by atoms with Gasteiger partial charge in [0.25, 0.3) is 5.22 Å². The van der Waals surface area contributed by atoms with Gasteiger partial charge < -0.3 is 9.15 Å². The van der Waals surface area contributed by atoms with E-state index in [0.717, 1.165) is 29.0 Å². The molecule has 0 aliphatic rings. The normalized spacial score (nSPS) is 10.5. The Bertz CT molecular complexity index is 775. The van der Waals surface area contributed by atoms with Crippen molar-refractivity contribution in [3.63, 3.8) is 0 Å². The second kappa shape index (κ2) is 7.01. The maximum absolute atomic E-state index is 8.83. The van der Waals surface area contributed by atoms with E-state index in [9.17, 15) is 0 Å². The van der Waals surface area contributed by atoms with Gasteiger partial charge in [-0.1, -0.05) is 30.0 Å². The van der Waals surface area contributed by atoms with Crippen LogP contribution in [-0.2, 0) is 0 Å². The second-order valence-corrected chi connectivity index (χ2v) is 5.68. The van der Waals surface area contributed by atoms with E-state index in [1.807, 2.05) is 36.4 Å². The minimum atomic E-state index is 0.599. The Kier molecular flexibility index (Phi) is 4.62. The topological polar surface area (TPSA) is 59.0 Å². The van der Waals surface area contributed by atoms with Crippen molar-refractivity contribution in [1.29, 1.82) is 5.26 Å². The summed E-state index contributed by atoms with van der Waals surface area (Å²) in [4.78, 5) is 4.41. The summed E-state index contributed by atoms with van der Waals surface area (Å²) in [5.41, 5.74) is 2.31. The van der Waals surface area contributed by atoms with Crippen molar-refractivity contribution in [3.8, 4) is 11.8 Å². The van der Waals surface area contributed by atoms with E-state index < -0.39 is 0 Å². The lowest BCUT2D eigenvalue weighted by Gasteiger charge is -2.05. The number of para-hydroxylation sites is 2. The number of aromatic nitrogens is 1. The quantitative estimate of drug-likeness (QED) is 0.503. The number of hydrogen-bond donors (Lipinski definition) is 0. The average molecular weight is 310 g/mol. The molecule has 0 radical (unpaired) electrons. The second-order valence-electron chi connectivity index (χ2n) is 4.64. The molecule has 0 spiro atoms. The molecule has 0 fully saturated rings. The van der Waals surface area contributed by atoms with Crippen molar-refractivity contribution in [2.24, 2.45) is 0 Å². The first-order valence-corrected chi connectivity index (χ1v) is 7.95. The van der Waals surface area contributed by atoms with E-state index >= 15 is 0 Å². The number of nitriles is 1. The smallest absolute Gasteiger partial charge is 0.256 e. The predicted molar refractivity (Wildman–Crippen MR) is 86.0 cm³/mol. The van der Waals surface area contributed by atoms with Gasteiger partial charge in [-0.25, -0.2) is 4.98 Å². The summed E-state index contributed by atoms with van der Waals surface area (Å²) in [6.45, 7) is 0.599. The fraction of sp³-hybridized carbons (Fsp3) is 0.176. The van der Waals surface area contributed by atoms with Gasteiger partial charge >= 0.3 is 0 Å². The number of nitrogens with zero attached hydrogens (tertiary/aromatic N) is 2. The highest BCUT2D eigenvalue weighted by atomic mass is 32.2. The van der Waals surface area contributed by atoms with Gasteiger partial charge in [0.2, 0.25) is 0 Å². The van der Waals surface area contributed by atoms with Crippen molar-refractivity contribution in [2.45, 2.75) is 11.6 Å². The number of oxazole rings is 1. The van der Waals surface area contributed by atoms with Crippen LogP contribution in [0.25, 0.3) is 11.1 Å². The lowest BCUT2D eigenvalue weighted by Crippen LogP contribution is -1.98. The van der Waals surface area contributed by atoms with E-state index in [1.54, 1.807) is 23.9 Å². The first-order valence-electron chi connectivity index (χ1n) is 6.96. The van der Waals surface area contributed by atoms with Crippen LogP contribution in [0.5, 0.6) is 5.75 Å². The summed E-state index contributed by atoms with van der Waals surface area (Å²) in [5.74, 6) is 1.59. The Morgan fingerprint density at radius 3 is 2.95 bits per heavy atom. The molecule has 0 saturated carbocycles. The van der Waals surface area contributed by atoms with Gasteiger partial charge in [-0.05, 0) is 36.8 Å². The molecule has 0 aliphatic carbocycles. The largest absolute Gasteiger partial charge is 0.494 e. The molecule has 0 N–H and O–H groups in total. The minimum absolute atomic E-state index is 0.599. The molecule has 3 rings (SSSR count). The standard InChI is InChI=1S/C17H14N2O2S/c18-12-13-5-3-6-14(11-13)20-9-4-10-22-17-19-15-7-1-2-8-16(15)21-17/h1-3,5-8,11H,4,9-10H2. The number of rotatable bonds is 6. The summed E-state index contributed by atoms with van der Waals surface area (Å²) in [5, 5.41) is 9.52. The molecule has 0 atom stereocenters. The maximum atomic E-state index is 8.83. The van der Waals surface area contributed by atoms with Crippen LogP contribution in [0.3, 0.4) is 0 Å². The van der Waals surface area contributed by atoms with E-state index in [1.165, 1.54) is 0 Å². The number of benzene rings is 2. The van der Waals surface area contributed by atoms with Crippen molar-refractivity contribution >= 4 is 22.9 Å². The predicted octanol–water partition coefficient (Wildman–Crippen LogP) is 4.26. The van der Waals surface area contributed by atoms with Crippen molar-refractivity contribution in [3.05, 3.63) is 54.1 Å². The molecule has 1 heterocycles. The van der Waals surface area contributed by atoms with Crippen LogP contribution in [-0.4, -0.2) is 17.3 Å². The van der Waals surface area contributed by atoms with E-state index in [2.05, 4.69) is 11.1 Å². The molecule has 0 bridgehead atoms. The van der Waals surface area contributed by atoms with Crippen molar-refractivity contribution in [2.75, 3.05) is 12.4 Å². The van der Waals surface area contributed by atoms with E-state index in [0.29, 0.717) is 17.4 Å². The molecule has 22 heavy (non-hydrogen) atoms. The number of hydrogen-bond acceptors (Lipinski definition) is 5. The molecule has 3 aromatic rings. The zero-order valence-corrected chi connectivity index (χ0v) is 12.7. The summed E-state index contributed by atoms with van der Waals surface area (Å²) in [7, 11) is 0. The van der Waals surface area contributed by atoms with Crippen molar-refractivity contribution < 1.29 is 9.15 Å².